The van der Waals surface area contributed by atoms with Gasteiger partial charge < -0.3 is 26.0 Å². The van der Waals surface area contributed by atoms with Crippen LogP contribution >= 0.6 is 0 Å². The Bertz CT molecular complexity index is 1010. The van der Waals surface area contributed by atoms with Crippen LogP contribution in [0.1, 0.15) is 59.2 Å². The molecule has 2 aliphatic rings. The van der Waals surface area contributed by atoms with E-state index in [4.69, 9.17) is 4.74 Å². The third kappa shape index (κ3) is 6.35. The van der Waals surface area contributed by atoms with Gasteiger partial charge in [-0.15, -0.1) is 0 Å². The Labute approximate surface area is 199 Å². The summed E-state index contributed by atoms with van der Waals surface area (Å²) in [5.41, 5.74) is 1.93. The van der Waals surface area contributed by atoms with E-state index in [-0.39, 0.29) is 36.4 Å². The largest absolute Gasteiger partial charge is 0.376 e. The van der Waals surface area contributed by atoms with Crippen molar-refractivity contribution in [2.24, 2.45) is 0 Å². The van der Waals surface area contributed by atoms with Gasteiger partial charge in [0, 0.05) is 24.9 Å². The molecule has 2 aromatic rings. The van der Waals surface area contributed by atoms with Gasteiger partial charge >= 0.3 is 0 Å². The van der Waals surface area contributed by atoms with Crippen LogP contribution in [0, 0.1) is 0 Å². The standard InChI is InChI=1S/C26H32N4O4/c31-24(30-23-14-6-4-12-21(23)26(33)29-18-8-1-2-9-18)17-27-22-13-5-3-11-20(22)25(32)28-16-19-10-7-15-34-19/h3-6,11-14,18-19,27H,1-2,7-10,15-17H2,(H,28,32)(H,29,33)(H,30,31)/t19-/m0/s1. The molecule has 4 rings (SSSR count). The van der Waals surface area contributed by atoms with Crippen LogP contribution in [-0.4, -0.2) is 49.6 Å². The number of para-hydroxylation sites is 2. The maximum absolute atomic E-state index is 12.7. The Kier molecular flexibility index (Phi) is 8.14. The summed E-state index contributed by atoms with van der Waals surface area (Å²) in [7, 11) is 0. The Morgan fingerprint density at radius 3 is 2.21 bits per heavy atom. The van der Waals surface area contributed by atoms with Crippen molar-refractivity contribution in [1.29, 1.82) is 0 Å². The van der Waals surface area contributed by atoms with Gasteiger partial charge in [0.25, 0.3) is 11.8 Å². The molecule has 8 heteroatoms. The molecule has 1 saturated carbocycles. The predicted molar refractivity (Wildman–Crippen MR) is 131 cm³/mol. The molecule has 0 radical (unpaired) electrons. The predicted octanol–water partition coefficient (Wildman–Crippen LogP) is 3.32. The number of ether oxygens (including phenoxy) is 1. The van der Waals surface area contributed by atoms with Gasteiger partial charge in [-0.25, -0.2) is 0 Å². The van der Waals surface area contributed by atoms with Gasteiger partial charge in [-0.05, 0) is 49.9 Å². The minimum absolute atomic E-state index is 0.0470. The van der Waals surface area contributed by atoms with E-state index in [0.717, 1.165) is 45.1 Å². The third-order valence-corrected chi connectivity index (χ3v) is 6.26. The van der Waals surface area contributed by atoms with E-state index in [1.54, 1.807) is 48.5 Å². The maximum Gasteiger partial charge on any atom is 0.253 e. The summed E-state index contributed by atoms with van der Waals surface area (Å²) in [6.45, 7) is 1.15. The number of benzene rings is 2. The number of rotatable bonds is 9. The number of nitrogens with one attached hydrogen (secondary N) is 4. The van der Waals surface area contributed by atoms with Crippen molar-refractivity contribution < 1.29 is 19.1 Å². The Morgan fingerprint density at radius 2 is 1.50 bits per heavy atom. The van der Waals surface area contributed by atoms with Gasteiger partial charge in [0.05, 0.1) is 29.5 Å². The summed E-state index contributed by atoms with van der Waals surface area (Å²) >= 11 is 0. The van der Waals surface area contributed by atoms with Crippen molar-refractivity contribution >= 4 is 29.1 Å². The van der Waals surface area contributed by atoms with E-state index in [0.29, 0.717) is 29.0 Å². The fourth-order valence-corrected chi connectivity index (χ4v) is 4.44. The van der Waals surface area contributed by atoms with Gasteiger partial charge in [-0.3, -0.25) is 14.4 Å². The monoisotopic (exact) mass is 464 g/mol. The van der Waals surface area contributed by atoms with E-state index in [1.165, 1.54) is 0 Å². The fraction of sp³-hybridized carbons (Fsp3) is 0.423. The maximum atomic E-state index is 12.7. The van der Waals surface area contributed by atoms with Gasteiger partial charge in [0.15, 0.2) is 0 Å². The molecule has 180 valence electrons. The van der Waals surface area contributed by atoms with Crippen LogP contribution < -0.4 is 21.3 Å². The minimum Gasteiger partial charge on any atom is -0.376 e. The van der Waals surface area contributed by atoms with E-state index < -0.39 is 0 Å². The summed E-state index contributed by atoms with van der Waals surface area (Å²) in [6, 6.07) is 14.2. The first-order chi connectivity index (χ1) is 16.6. The van der Waals surface area contributed by atoms with E-state index in [9.17, 15) is 14.4 Å². The summed E-state index contributed by atoms with van der Waals surface area (Å²) in [6.07, 6.45) is 6.25. The summed E-state index contributed by atoms with van der Waals surface area (Å²) in [4.78, 5) is 38.1. The summed E-state index contributed by atoms with van der Waals surface area (Å²) < 4.78 is 5.56. The average molecular weight is 465 g/mol. The zero-order valence-corrected chi connectivity index (χ0v) is 19.3. The first-order valence-corrected chi connectivity index (χ1v) is 12.0. The lowest BCUT2D eigenvalue weighted by molar-refractivity contribution is -0.114. The van der Waals surface area contributed by atoms with Crippen LogP contribution in [0.2, 0.25) is 0 Å². The van der Waals surface area contributed by atoms with E-state index in [2.05, 4.69) is 21.3 Å². The van der Waals surface area contributed by atoms with Crippen LogP contribution in [0.5, 0.6) is 0 Å². The molecule has 1 aliphatic heterocycles. The number of amides is 3. The smallest absolute Gasteiger partial charge is 0.253 e. The van der Waals surface area contributed by atoms with Crippen molar-refractivity contribution in [2.45, 2.75) is 50.7 Å². The van der Waals surface area contributed by atoms with Crippen LogP contribution in [0.3, 0.4) is 0 Å². The van der Waals surface area contributed by atoms with Crippen LogP contribution in [0.4, 0.5) is 11.4 Å². The first kappa shape index (κ1) is 23.8. The molecule has 2 fully saturated rings. The van der Waals surface area contributed by atoms with Gasteiger partial charge in [0.1, 0.15) is 0 Å². The highest BCUT2D eigenvalue weighted by Gasteiger charge is 2.21. The summed E-state index contributed by atoms with van der Waals surface area (Å²) in [5, 5.41) is 11.8. The molecule has 0 unspecified atom stereocenters. The highest BCUT2D eigenvalue weighted by molar-refractivity contribution is 6.05. The second-order valence-electron chi connectivity index (χ2n) is 8.79. The minimum atomic E-state index is -0.310. The van der Waals surface area contributed by atoms with Gasteiger partial charge in [-0.1, -0.05) is 37.1 Å². The molecule has 34 heavy (non-hydrogen) atoms. The third-order valence-electron chi connectivity index (χ3n) is 6.26. The zero-order valence-electron chi connectivity index (χ0n) is 19.3. The zero-order chi connectivity index (χ0) is 23.8. The van der Waals surface area contributed by atoms with Crippen molar-refractivity contribution in [3.05, 3.63) is 59.7 Å². The summed E-state index contributed by atoms with van der Waals surface area (Å²) in [5.74, 6) is -0.701. The molecule has 1 saturated heterocycles. The van der Waals surface area contributed by atoms with Crippen LogP contribution in [-0.2, 0) is 9.53 Å². The fourth-order valence-electron chi connectivity index (χ4n) is 4.44. The van der Waals surface area contributed by atoms with Gasteiger partial charge in [-0.2, -0.15) is 0 Å². The molecule has 8 nitrogen and oxygen atoms in total. The number of hydrogen-bond acceptors (Lipinski definition) is 5. The molecule has 0 aromatic heterocycles. The van der Waals surface area contributed by atoms with E-state index >= 15 is 0 Å². The SMILES string of the molecule is O=C(CNc1ccccc1C(=O)NC[C@@H]1CCCO1)Nc1ccccc1C(=O)NC1CCCC1. The van der Waals surface area contributed by atoms with E-state index in [1.807, 2.05) is 0 Å². The van der Waals surface area contributed by atoms with Crippen LogP contribution in [0.15, 0.2) is 48.5 Å². The highest BCUT2D eigenvalue weighted by atomic mass is 16.5. The van der Waals surface area contributed by atoms with Crippen LogP contribution in [0.25, 0.3) is 0 Å². The molecule has 3 amide bonds. The van der Waals surface area contributed by atoms with Crippen molar-refractivity contribution in [3.8, 4) is 0 Å². The van der Waals surface area contributed by atoms with Crippen molar-refractivity contribution in [2.75, 3.05) is 30.3 Å². The Hall–Kier alpha value is -3.39. The molecule has 1 aliphatic carbocycles. The number of hydrogen-bond donors (Lipinski definition) is 4. The quantitative estimate of drug-likeness (QED) is 0.455. The normalized spacial score (nSPS) is 17.8. The lowest BCUT2D eigenvalue weighted by atomic mass is 10.1. The van der Waals surface area contributed by atoms with Crippen molar-refractivity contribution in [3.63, 3.8) is 0 Å². The average Bonchev–Trinajstić information content (AvgIpc) is 3.56. The number of carbonyl (C=O) groups excluding carboxylic acids is 3. The molecule has 4 N–H and O–H groups in total. The second-order valence-corrected chi connectivity index (χ2v) is 8.79. The molecular formula is C26H32N4O4. The Balaban J connectivity index is 1.33. The molecular weight excluding hydrogens is 432 g/mol. The number of anilines is 2. The molecule has 2 aromatic carbocycles. The lowest BCUT2D eigenvalue weighted by Crippen LogP contribution is -2.33. The van der Waals surface area contributed by atoms with Crippen molar-refractivity contribution in [1.82, 2.24) is 10.6 Å². The molecule has 0 spiro atoms. The Morgan fingerprint density at radius 1 is 0.824 bits per heavy atom. The number of carbonyl (C=O) groups is 3. The topological polar surface area (TPSA) is 109 Å². The molecule has 0 bridgehead atoms. The van der Waals surface area contributed by atoms with Gasteiger partial charge in [0.2, 0.25) is 5.91 Å². The molecule has 1 heterocycles. The molecule has 1 atom stereocenters. The second kappa shape index (κ2) is 11.7. The lowest BCUT2D eigenvalue weighted by Gasteiger charge is -2.16. The first-order valence-electron chi connectivity index (χ1n) is 12.0. The highest BCUT2D eigenvalue weighted by Crippen LogP contribution is 2.21.